The van der Waals surface area contributed by atoms with Gasteiger partial charge in [-0.3, -0.25) is 4.57 Å². The van der Waals surface area contributed by atoms with Crippen LogP contribution >= 0.6 is 23.2 Å². The highest BCUT2D eigenvalue weighted by atomic mass is 35.5. The summed E-state index contributed by atoms with van der Waals surface area (Å²) in [4.78, 5) is 0. The number of nitrogens with zero attached hydrogens (tertiary/aromatic N) is 1. The Hall–Kier alpha value is -3.29. The molecule has 1 aromatic heterocycles. The molecule has 0 spiro atoms. The number of aromatic hydroxyl groups is 1. The average Bonchev–Trinajstić information content (AvgIpc) is 3.05. The summed E-state index contributed by atoms with van der Waals surface area (Å²) in [6, 6.07) is 20.7. The van der Waals surface area contributed by atoms with Gasteiger partial charge < -0.3 is 15.2 Å². The molecule has 2 N–H and O–H groups in total. The van der Waals surface area contributed by atoms with Gasteiger partial charge >= 0.3 is 6.36 Å². The third kappa shape index (κ3) is 4.95. The molecule has 0 bridgehead atoms. The van der Waals surface area contributed by atoms with Gasteiger partial charge in [-0.25, -0.2) is 0 Å². The highest BCUT2D eigenvalue weighted by Gasteiger charge is 2.31. The second-order valence-electron chi connectivity index (χ2n) is 6.79. The van der Waals surface area contributed by atoms with Crippen molar-refractivity contribution < 1.29 is 23.0 Å². The standard InChI is InChI=1S/C23H15Cl2F3N2O2/c24-15-4-8-17(9-5-15)29-20-13-21(14-2-1-3-19(12-14)32-23(26,27)28)30(22(20)31)18-10-6-16(25)7-11-18/h1-13,29,31H. The predicted molar refractivity (Wildman–Crippen MR) is 119 cm³/mol. The second kappa shape index (κ2) is 8.68. The zero-order chi connectivity index (χ0) is 22.9. The number of aromatic nitrogens is 1. The lowest BCUT2D eigenvalue weighted by Gasteiger charge is -2.13. The minimum absolute atomic E-state index is 0.139. The van der Waals surface area contributed by atoms with Crippen molar-refractivity contribution in [3.05, 3.63) is 88.9 Å². The van der Waals surface area contributed by atoms with Gasteiger partial charge in [-0.05, 0) is 66.7 Å². The lowest BCUT2D eigenvalue weighted by atomic mass is 10.1. The number of nitrogens with one attached hydrogen (secondary N) is 1. The fraction of sp³-hybridized carbons (Fsp3) is 0.0435. The number of hydrogen-bond donors (Lipinski definition) is 2. The molecule has 3 aromatic carbocycles. The zero-order valence-electron chi connectivity index (χ0n) is 16.2. The highest BCUT2D eigenvalue weighted by Crippen LogP contribution is 2.40. The van der Waals surface area contributed by atoms with Crippen LogP contribution in [0.15, 0.2) is 78.9 Å². The maximum absolute atomic E-state index is 12.7. The van der Waals surface area contributed by atoms with Crippen LogP contribution in [0.25, 0.3) is 16.9 Å². The smallest absolute Gasteiger partial charge is 0.493 e. The van der Waals surface area contributed by atoms with Crippen LogP contribution in [0, 0.1) is 0 Å². The molecule has 32 heavy (non-hydrogen) atoms. The Balaban J connectivity index is 1.82. The summed E-state index contributed by atoms with van der Waals surface area (Å²) in [7, 11) is 0. The topological polar surface area (TPSA) is 46.4 Å². The summed E-state index contributed by atoms with van der Waals surface area (Å²) < 4.78 is 43.6. The van der Waals surface area contributed by atoms with Gasteiger partial charge in [-0.1, -0.05) is 35.3 Å². The molecule has 0 saturated carbocycles. The van der Waals surface area contributed by atoms with E-state index in [4.69, 9.17) is 23.2 Å². The number of anilines is 2. The van der Waals surface area contributed by atoms with E-state index in [0.717, 1.165) is 0 Å². The normalized spacial score (nSPS) is 11.4. The van der Waals surface area contributed by atoms with Crippen molar-refractivity contribution in [3.63, 3.8) is 0 Å². The number of benzene rings is 3. The van der Waals surface area contributed by atoms with Crippen LogP contribution in [0.3, 0.4) is 0 Å². The van der Waals surface area contributed by atoms with Crippen molar-refractivity contribution in [2.24, 2.45) is 0 Å². The molecule has 0 atom stereocenters. The monoisotopic (exact) mass is 478 g/mol. The number of alkyl halides is 3. The largest absolute Gasteiger partial charge is 0.573 e. The maximum atomic E-state index is 12.7. The van der Waals surface area contributed by atoms with E-state index in [1.807, 2.05) is 0 Å². The zero-order valence-corrected chi connectivity index (χ0v) is 17.7. The predicted octanol–water partition coefficient (Wildman–Crippen LogP) is 7.80. The molecule has 164 valence electrons. The van der Waals surface area contributed by atoms with Crippen molar-refractivity contribution in [2.45, 2.75) is 6.36 Å². The Morgan fingerprint density at radius 3 is 2.09 bits per heavy atom. The SMILES string of the molecule is Oc1c(Nc2ccc(Cl)cc2)cc(-c2cccc(OC(F)(F)F)c2)n1-c1ccc(Cl)cc1. The van der Waals surface area contributed by atoms with E-state index in [9.17, 15) is 18.3 Å². The van der Waals surface area contributed by atoms with Crippen LogP contribution in [-0.4, -0.2) is 16.0 Å². The molecular weight excluding hydrogens is 464 g/mol. The van der Waals surface area contributed by atoms with Gasteiger partial charge in [0.1, 0.15) is 11.4 Å². The molecule has 4 rings (SSSR count). The summed E-state index contributed by atoms with van der Waals surface area (Å²) in [5.41, 5.74) is 2.42. The Labute approximate surface area is 191 Å². The molecule has 0 radical (unpaired) electrons. The average molecular weight is 479 g/mol. The van der Waals surface area contributed by atoms with Gasteiger partial charge in [0.15, 0.2) is 0 Å². The molecule has 4 aromatic rings. The number of rotatable bonds is 5. The molecule has 0 aliphatic heterocycles. The summed E-state index contributed by atoms with van der Waals surface area (Å²) >= 11 is 11.9. The minimum atomic E-state index is -4.82. The van der Waals surface area contributed by atoms with Crippen LogP contribution < -0.4 is 10.1 Å². The maximum Gasteiger partial charge on any atom is 0.573 e. The van der Waals surface area contributed by atoms with E-state index in [1.165, 1.54) is 22.8 Å². The Morgan fingerprint density at radius 2 is 1.47 bits per heavy atom. The molecule has 0 amide bonds. The van der Waals surface area contributed by atoms with E-state index in [2.05, 4.69) is 10.1 Å². The molecule has 0 aliphatic carbocycles. The van der Waals surface area contributed by atoms with Crippen LogP contribution in [0.5, 0.6) is 11.6 Å². The fourth-order valence-corrected chi connectivity index (χ4v) is 3.45. The number of hydrogen-bond acceptors (Lipinski definition) is 3. The van der Waals surface area contributed by atoms with Crippen LogP contribution in [0.1, 0.15) is 0 Å². The molecular formula is C23H15Cl2F3N2O2. The van der Waals surface area contributed by atoms with E-state index >= 15 is 0 Å². The molecule has 0 unspecified atom stereocenters. The molecule has 4 nitrogen and oxygen atoms in total. The van der Waals surface area contributed by atoms with Gasteiger partial charge in [0.05, 0.1) is 5.69 Å². The lowest BCUT2D eigenvalue weighted by Crippen LogP contribution is -2.17. The van der Waals surface area contributed by atoms with E-state index in [1.54, 1.807) is 60.7 Å². The third-order valence-corrected chi connectivity index (χ3v) is 5.05. The summed E-state index contributed by atoms with van der Waals surface area (Å²) in [6.07, 6.45) is -4.82. The lowest BCUT2D eigenvalue weighted by molar-refractivity contribution is -0.274. The van der Waals surface area contributed by atoms with Crippen molar-refractivity contribution in [1.82, 2.24) is 4.57 Å². The molecule has 0 fully saturated rings. The van der Waals surface area contributed by atoms with E-state index in [-0.39, 0.29) is 11.6 Å². The summed E-state index contributed by atoms with van der Waals surface area (Å²) in [5.74, 6) is -0.509. The van der Waals surface area contributed by atoms with Crippen molar-refractivity contribution in [1.29, 1.82) is 0 Å². The minimum Gasteiger partial charge on any atom is -0.493 e. The Morgan fingerprint density at radius 1 is 0.844 bits per heavy atom. The molecule has 0 saturated heterocycles. The number of ether oxygens (including phenoxy) is 1. The van der Waals surface area contributed by atoms with Crippen LogP contribution in [0.4, 0.5) is 24.5 Å². The Bertz CT molecular complexity index is 1240. The molecule has 1 heterocycles. The summed E-state index contributed by atoms with van der Waals surface area (Å²) in [6.45, 7) is 0. The third-order valence-electron chi connectivity index (χ3n) is 4.55. The van der Waals surface area contributed by atoms with Crippen LogP contribution in [0.2, 0.25) is 10.0 Å². The first kappa shape index (κ1) is 21.9. The van der Waals surface area contributed by atoms with E-state index < -0.39 is 6.36 Å². The van der Waals surface area contributed by atoms with Gasteiger partial charge in [-0.15, -0.1) is 13.2 Å². The fourth-order valence-electron chi connectivity index (χ4n) is 3.20. The molecule has 9 heteroatoms. The summed E-state index contributed by atoms with van der Waals surface area (Å²) in [5, 5.41) is 15.2. The van der Waals surface area contributed by atoms with Gasteiger partial charge in [0, 0.05) is 27.0 Å². The van der Waals surface area contributed by atoms with Gasteiger partial charge in [0.2, 0.25) is 5.88 Å². The first-order valence-corrected chi connectivity index (χ1v) is 10.0. The van der Waals surface area contributed by atoms with Crippen molar-refractivity contribution >= 4 is 34.6 Å². The molecule has 0 aliphatic rings. The van der Waals surface area contributed by atoms with E-state index in [0.29, 0.717) is 38.4 Å². The first-order valence-electron chi connectivity index (χ1n) is 9.29. The van der Waals surface area contributed by atoms with Gasteiger partial charge in [0.25, 0.3) is 0 Å². The van der Waals surface area contributed by atoms with Crippen LogP contribution in [-0.2, 0) is 0 Å². The first-order chi connectivity index (χ1) is 15.2. The quantitative estimate of drug-likeness (QED) is 0.307. The van der Waals surface area contributed by atoms with Crippen molar-refractivity contribution in [2.75, 3.05) is 5.32 Å². The van der Waals surface area contributed by atoms with Crippen molar-refractivity contribution in [3.8, 4) is 28.6 Å². The van der Waals surface area contributed by atoms with Gasteiger partial charge in [-0.2, -0.15) is 0 Å². The Kier molecular flexibility index (Phi) is 5.95. The second-order valence-corrected chi connectivity index (χ2v) is 7.66. The number of halogens is 5. The highest BCUT2D eigenvalue weighted by molar-refractivity contribution is 6.30.